The van der Waals surface area contributed by atoms with E-state index in [-0.39, 0.29) is 18.2 Å². The van der Waals surface area contributed by atoms with Crippen LogP contribution in [0.15, 0.2) is 54.6 Å². The lowest BCUT2D eigenvalue weighted by Gasteiger charge is -2.09. The minimum atomic E-state index is -0.478. The molecule has 3 aromatic rings. The van der Waals surface area contributed by atoms with Gasteiger partial charge in [0.25, 0.3) is 0 Å². The second-order valence-electron chi connectivity index (χ2n) is 7.05. The van der Waals surface area contributed by atoms with Crippen molar-refractivity contribution in [2.24, 2.45) is 0 Å². The quantitative estimate of drug-likeness (QED) is 0.454. The van der Waals surface area contributed by atoms with Gasteiger partial charge in [0.15, 0.2) is 0 Å². The number of anilines is 1. The highest BCUT2D eigenvalue weighted by Crippen LogP contribution is 2.50. The maximum Gasteiger partial charge on any atom is 0.341 e. The van der Waals surface area contributed by atoms with Gasteiger partial charge >= 0.3 is 5.97 Å². The third-order valence-corrected chi connectivity index (χ3v) is 6.11. The summed E-state index contributed by atoms with van der Waals surface area (Å²) in [5, 5.41) is 3.28. The molecule has 4 rings (SSSR count). The minimum Gasteiger partial charge on any atom is -0.465 e. The van der Waals surface area contributed by atoms with Crippen molar-refractivity contribution in [3.05, 3.63) is 75.6 Å². The number of hydrogen-bond acceptors (Lipinski definition) is 5. The number of ether oxygens (including phenoxy) is 2. The highest BCUT2D eigenvalue weighted by molar-refractivity contribution is 7.20. The zero-order chi connectivity index (χ0) is 21.1. The number of esters is 1. The van der Waals surface area contributed by atoms with Crippen LogP contribution in [0.25, 0.3) is 0 Å². The van der Waals surface area contributed by atoms with Gasteiger partial charge in [-0.25, -0.2) is 4.79 Å². The highest BCUT2D eigenvalue weighted by Gasteiger charge is 2.35. The van der Waals surface area contributed by atoms with E-state index in [0.29, 0.717) is 20.7 Å². The summed E-state index contributed by atoms with van der Waals surface area (Å²) in [4.78, 5) is 25.0. The Bertz CT molecular complexity index is 1080. The fourth-order valence-electron chi connectivity index (χ4n) is 3.25. The molecule has 2 aromatic carbocycles. The lowest BCUT2D eigenvalue weighted by molar-refractivity contribution is -0.115. The number of halogens is 1. The zero-order valence-electron chi connectivity index (χ0n) is 16.3. The number of rotatable bonds is 7. The summed E-state index contributed by atoms with van der Waals surface area (Å²) in [6.45, 7) is 0. The van der Waals surface area contributed by atoms with Gasteiger partial charge in [-0.1, -0.05) is 41.9 Å². The molecule has 7 heteroatoms. The molecule has 0 aliphatic heterocycles. The van der Waals surface area contributed by atoms with Crippen LogP contribution in [-0.2, 0) is 16.0 Å². The summed E-state index contributed by atoms with van der Waals surface area (Å²) in [6, 6.07) is 16.8. The molecule has 0 spiro atoms. The molecule has 154 valence electrons. The lowest BCUT2D eigenvalue weighted by Crippen LogP contribution is -2.16. The summed E-state index contributed by atoms with van der Waals surface area (Å²) < 4.78 is 11.3. The Morgan fingerprint density at radius 3 is 2.53 bits per heavy atom. The number of carbonyl (C=O) groups is 2. The molecular formula is C23H20ClNO4S. The van der Waals surface area contributed by atoms with Crippen molar-refractivity contribution in [2.75, 3.05) is 12.4 Å². The van der Waals surface area contributed by atoms with Crippen molar-refractivity contribution in [1.82, 2.24) is 0 Å². The molecule has 0 atom stereocenters. The van der Waals surface area contributed by atoms with E-state index in [9.17, 15) is 9.59 Å². The predicted octanol–water partition coefficient (Wildman–Crippen LogP) is 6.04. The van der Waals surface area contributed by atoms with Gasteiger partial charge in [0.05, 0.1) is 23.4 Å². The van der Waals surface area contributed by atoms with Crippen molar-refractivity contribution >= 4 is 39.8 Å². The van der Waals surface area contributed by atoms with Crippen LogP contribution in [0.5, 0.6) is 11.5 Å². The molecule has 1 amide bonds. The fraction of sp³-hybridized carbons (Fsp3) is 0.217. The molecule has 0 unspecified atom stereocenters. The number of thiophene rings is 1. The minimum absolute atomic E-state index is 0.140. The first-order valence-electron chi connectivity index (χ1n) is 9.57. The maximum absolute atomic E-state index is 12.7. The van der Waals surface area contributed by atoms with E-state index in [1.54, 1.807) is 0 Å². The molecule has 1 fully saturated rings. The largest absolute Gasteiger partial charge is 0.465 e. The van der Waals surface area contributed by atoms with Gasteiger partial charge in [0.2, 0.25) is 5.91 Å². The molecular weight excluding hydrogens is 422 g/mol. The first kappa shape index (κ1) is 20.4. The van der Waals surface area contributed by atoms with E-state index in [1.165, 1.54) is 18.4 Å². The van der Waals surface area contributed by atoms with Crippen molar-refractivity contribution in [2.45, 2.75) is 25.2 Å². The average Bonchev–Trinajstić information content (AvgIpc) is 3.52. The molecule has 1 aliphatic carbocycles. The van der Waals surface area contributed by atoms with Crippen LogP contribution in [0.2, 0.25) is 4.34 Å². The topological polar surface area (TPSA) is 64.6 Å². The van der Waals surface area contributed by atoms with Crippen LogP contribution in [-0.4, -0.2) is 19.0 Å². The van der Waals surface area contributed by atoms with E-state index in [0.717, 1.165) is 29.7 Å². The molecule has 5 nitrogen and oxygen atoms in total. The van der Waals surface area contributed by atoms with Crippen LogP contribution in [0.3, 0.4) is 0 Å². The number of hydrogen-bond donors (Lipinski definition) is 1. The van der Waals surface area contributed by atoms with Crippen molar-refractivity contribution < 1.29 is 19.1 Å². The molecule has 30 heavy (non-hydrogen) atoms. The third kappa shape index (κ3) is 4.66. The smallest absolute Gasteiger partial charge is 0.341 e. The maximum atomic E-state index is 12.7. The number of benzene rings is 2. The predicted molar refractivity (Wildman–Crippen MR) is 118 cm³/mol. The molecule has 1 heterocycles. The average molecular weight is 442 g/mol. The molecule has 1 aliphatic rings. The van der Waals surface area contributed by atoms with E-state index in [4.69, 9.17) is 21.1 Å². The third-order valence-electron chi connectivity index (χ3n) is 4.77. The van der Waals surface area contributed by atoms with Crippen LogP contribution >= 0.6 is 22.9 Å². The van der Waals surface area contributed by atoms with Gasteiger partial charge in [0.1, 0.15) is 16.5 Å². The first-order valence-corrected chi connectivity index (χ1v) is 10.8. The monoisotopic (exact) mass is 441 g/mol. The van der Waals surface area contributed by atoms with Gasteiger partial charge in [-0.2, -0.15) is 0 Å². The zero-order valence-corrected chi connectivity index (χ0v) is 17.9. The van der Waals surface area contributed by atoms with Gasteiger partial charge < -0.3 is 14.8 Å². The Balaban J connectivity index is 1.48. The van der Waals surface area contributed by atoms with Crippen LogP contribution in [0.1, 0.15) is 40.2 Å². The molecule has 0 radical (unpaired) electrons. The Morgan fingerprint density at radius 2 is 1.83 bits per heavy atom. The van der Waals surface area contributed by atoms with E-state index < -0.39 is 5.97 Å². The number of para-hydroxylation sites is 1. The fourth-order valence-corrected chi connectivity index (χ4v) is 4.74. The lowest BCUT2D eigenvalue weighted by atomic mass is 10.1. The summed E-state index contributed by atoms with van der Waals surface area (Å²) in [5.74, 6) is 0.922. The van der Waals surface area contributed by atoms with E-state index >= 15 is 0 Å². The Hall–Kier alpha value is -2.83. The van der Waals surface area contributed by atoms with Crippen LogP contribution in [0.4, 0.5) is 5.00 Å². The SMILES string of the molecule is COC(=O)c1c(NC(=O)Cc2cccc(Oc3ccccc3)c2)sc(Cl)c1C1CC1. The van der Waals surface area contributed by atoms with Crippen LogP contribution < -0.4 is 10.1 Å². The molecule has 1 saturated carbocycles. The number of amides is 1. The Kier molecular flexibility index (Phi) is 6.06. The van der Waals surface area contributed by atoms with Gasteiger partial charge in [-0.15, -0.1) is 11.3 Å². The van der Waals surface area contributed by atoms with E-state index in [2.05, 4.69) is 5.32 Å². The number of carbonyl (C=O) groups excluding carboxylic acids is 2. The highest BCUT2D eigenvalue weighted by atomic mass is 35.5. The second-order valence-corrected chi connectivity index (χ2v) is 8.67. The Morgan fingerprint density at radius 1 is 1.10 bits per heavy atom. The first-order chi connectivity index (χ1) is 14.5. The standard InChI is InChI=1S/C23H20ClNO4S/c1-28-23(27)20-19(15-10-11-15)21(24)30-22(20)25-18(26)13-14-6-5-9-17(12-14)29-16-7-3-2-4-8-16/h2-9,12,15H,10-11,13H2,1H3,(H,25,26). The molecule has 0 bridgehead atoms. The van der Waals surface area contributed by atoms with Crippen LogP contribution in [0, 0.1) is 0 Å². The summed E-state index contributed by atoms with van der Waals surface area (Å²) in [5.41, 5.74) is 1.97. The van der Waals surface area contributed by atoms with Crippen molar-refractivity contribution in [3.63, 3.8) is 0 Å². The van der Waals surface area contributed by atoms with Crippen molar-refractivity contribution in [1.29, 1.82) is 0 Å². The molecule has 0 saturated heterocycles. The summed E-state index contributed by atoms with van der Waals surface area (Å²) in [7, 11) is 1.33. The van der Waals surface area contributed by atoms with Crippen molar-refractivity contribution in [3.8, 4) is 11.5 Å². The molecule has 1 N–H and O–H groups in total. The van der Waals surface area contributed by atoms with E-state index in [1.807, 2.05) is 54.6 Å². The number of nitrogens with one attached hydrogen (secondary N) is 1. The number of methoxy groups -OCH3 is 1. The molecule has 1 aromatic heterocycles. The summed E-state index contributed by atoms with van der Waals surface area (Å²) >= 11 is 7.58. The van der Waals surface area contributed by atoms with Gasteiger partial charge in [0, 0.05) is 5.56 Å². The van der Waals surface area contributed by atoms with Gasteiger partial charge in [-0.05, 0) is 48.6 Å². The second kappa shape index (κ2) is 8.90. The summed E-state index contributed by atoms with van der Waals surface area (Å²) in [6.07, 6.45) is 2.12. The van der Waals surface area contributed by atoms with Gasteiger partial charge in [-0.3, -0.25) is 4.79 Å². The Labute approximate surface area is 183 Å². The normalized spacial score (nSPS) is 13.0.